The highest BCUT2D eigenvalue weighted by Crippen LogP contribution is 2.24. The largest absolute Gasteiger partial charge is 0.462 e. The lowest BCUT2D eigenvalue weighted by Crippen LogP contribution is -2.20. The molecular weight excluding hydrogens is 318 g/mol. The molecule has 3 N–H and O–H groups in total. The first-order valence-electron chi connectivity index (χ1n) is 8.47. The predicted molar refractivity (Wildman–Crippen MR) is 95.6 cm³/mol. The summed E-state index contributed by atoms with van der Waals surface area (Å²) in [6.45, 7) is 5.91. The molecule has 3 heterocycles. The summed E-state index contributed by atoms with van der Waals surface area (Å²) in [6, 6.07) is 4.22. The molecule has 2 aliphatic rings. The van der Waals surface area contributed by atoms with Crippen molar-refractivity contribution in [2.75, 3.05) is 13.1 Å². The molecular formula is C18H25N5O2. The summed E-state index contributed by atoms with van der Waals surface area (Å²) < 4.78 is 4.88. The Bertz CT molecular complexity index is 654. The summed E-state index contributed by atoms with van der Waals surface area (Å²) in [5.74, 6) is -0.594. The third-order valence-electron chi connectivity index (χ3n) is 4.19. The number of carbonyl (C=O) groups is 1. The van der Waals surface area contributed by atoms with E-state index in [-0.39, 0.29) is 30.2 Å². The van der Waals surface area contributed by atoms with Gasteiger partial charge in [-0.2, -0.15) is 0 Å². The van der Waals surface area contributed by atoms with Crippen molar-refractivity contribution in [3.63, 3.8) is 0 Å². The second kappa shape index (κ2) is 9.17. The van der Waals surface area contributed by atoms with E-state index < -0.39 is 0 Å². The normalized spacial score (nSPS) is 22.3. The van der Waals surface area contributed by atoms with Crippen molar-refractivity contribution in [2.45, 2.75) is 39.2 Å². The minimum atomic E-state index is -0.268. The molecule has 2 atom stereocenters. The van der Waals surface area contributed by atoms with Crippen LogP contribution in [0.1, 0.15) is 37.4 Å². The number of hydrogen-bond donors (Lipinski definition) is 3. The Kier molecular flexibility index (Phi) is 6.94. The minimum absolute atomic E-state index is 0.0546. The Morgan fingerprint density at radius 3 is 2.80 bits per heavy atom. The van der Waals surface area contributed by atoms with Crippen molar-refractivity contribution >= 4 is 17.4 Å². The van der Waals surface area contributed by atoms with Crippen molar-refractivity contribution in [1.82, 2.24) is 10.3 Å². The van der Waals surface area contributed by atoms with Crippen molar-refractivity contribution in [2.24, 2.45) is 11.0 Å². The summed E-state index contributed by atoms with van der Waals surface area (Å²) >= 11 is 0. The Morgan fingerprint density at radius 1 is 1.48 bits per heavy atom. The maximum atomic E-state index is 11.0. The first kappa shape index (κ1) is 18.9. The molecule has 1 aromatic rings. The van der Waals surface area contributed by atoms with E-state index in [1.165, 1.54) is 11.1 Å². The summed E-state index contributed by atoms with van der Waals surface area (Å²) in [5, 5.41) is 13.3. The van der Waals surface area contributed by atoms with Crippen molar-refractivity contribution in [3.8, 4) is 0 Å². The number of cyclic esters (lactones) is 1. The molecule has 1 saturated heterocycles. The molecule has 0 aromatic carbocycles. The van der Waals surface area contributed by atoms with Crippen LogP contribution in [0.25, 0.3) is 5.57 Å². The number of hydrogen-bond acceptors (Lipinski definition) is 6. The third kappa shape index (κ3) is 5.86. The van der Waals surface area contributed by atoms with Gasteiger partial charge in [0, 0.05) is 24.9 Å². The number of pyridine rings is 1. The van der Waals surface area contributed by atoms with Crippen LogP contribution in [0, 0.1) is 23.8 Å². The zero-order chi connectivity index (χ0) is 18.2. The van der Waals surface area contributed by atoms with Crippen LogP contribution in [0.5, 0.6) is 0 Å². The molecule has 7 nitrogen and oxygen atoms in total. The van der Waals surface area contributed by atoms with Gasteiger partial charge in [0.1, 0.15) is 5.84 Å². The minimum Gasteiger partial charge on any atom is -0.462 e. The molecule has 0 spiro atoms. The van der Waals surface area contributed by atoms with Gasteiger partial charge in [0.2, 0.25) is 0 Å². The van der Waals surface area contributed by atoms with Crippen molar-refractivity contribution in [1.29, 1.82) is 10.9 Å². The molecule has 3 rings (SSSR count). The average Bonchev–Trinajstić information content (AvgIpc) is 2.94. The van der Waals surface area contributed by atoms with E-state index in [2.05, 4.69) is 33.6 Å². The smallest absolute Gasteiger partial charge is 0.309 e. The zero-order valence-corrected chi connectivity index (χ0v) is 14.7. The van der Waals surface area contributed by atoms with E-state index >= 15 is 0 Å². The topological polar surface area (TPSA) is 111 Å². The molecule has 0 amide bonds. The summed E-state index contributed by atoms with van der Waals surface area (Å²) in [4.78, 5) is 15.3. The third-order valence-corrected chi connectivity index (χ3v) is 4.19. The van der Waals surface area contributed by atoms with Gasteiger partial charge in [-0.3, -0.25) is 15.2 Å². The molecule has 2 aliphatic heterocycles. The number of amidine groups is 1. The number of esters is 1. The molecule has 0 saturated carbocycles. The van der Waals surface area contributed by atoms with Crippen molar-refractivity contribution < 1.29 is 9.53 Å². The Morgan fingerprint density at radius 2 is 2.28 bits per heavy atom. The van der Waals surface area contributed by atoms with Gasteiger partial charge in [-0.25, -0.2) is 5.53 Å². The zero-order valence-electron chi connectivity index (χ0n) is 14.7. The van der Waals surface area contributed by atoms with Gasteiger partial charge in [-0.05, 0) is 50.4 Å². The molecule has 25 heavy (non-hydrogen) atoms. The van der Waals surface area contributed by atoms with Crippen LogP contribution in [-0.2, 0) is 9.53 Å². The summed E-state index contributed by atoms with van der Waals surface area (Å²) in [6.07, 6.45) is 6.14. The van der Waals surface area contributed by atoms with Gasteiger partial charge >= 0.3 is 5.97 Å². The second-order valence-corrected chi connectivity index (χ2v) is 6.31. The monoisotopic (exact) mass is 343 g/mol. The maximum absolute atomic E-state index is 11.0. The van der Waals surface area contributed by atoms with Crippen LogP contribution < -0.4 is 5.32 Å². The standard InChI is InChI=1S/C11H14N2.C7H11N3O2/c1-9-2-3-11(8-13-9)10-4-6-12-7-5-10;1-4-2-5(7(11)12-4)3-6(8)10-9/h2-4,8,12H,5-7H2,1H3;4-5,8-9H,2-3H2,1H3/t;4?,5-/m.0/s1. The van der Waals surface area contributed by atoms with Crippen LogP contribution in [0.3, 0.4) is 0 Å². The Balaban J connectivity index is 0.000000181. The SMILES string of the molecule is CC1C[C@@H](CC(=N)N=N)C(=O)O1.Cc1ccc(C2=CCNCC2)cn1. The van der Waals surface area contributed by atoms with E-state index in [0.29, 0.717) is 6.42 Å². The van der Waals surface area contributed by atoms with Gasteiger partial charge in [0.05, 0.1) is 12.0 Å². The number of rotatable bonds is 3. The lowest BCUT2D eigenvalue weighted by atomic mass is 10.0. The molecule has 0 aliphatic carbocycles. The van der Waals surface area contributed by atoms with Gasteiger partial charge in [-0.15, -0.1) is 5.11 Å². The van der Waals surface area contributed by atoms with Gasteiger partial charge in [-0.1, -0.05) is 12.1 Å². The number of carbonyl (C=O) groups excluding carboxylic acids is 1. The number of aryl methyl sites for hydroxylation is 1. The van der Waals surface area contributed by atoms with E-state index in [0.717, 1.165) is 25.2 Å². The molecule has 0 radical (unpaired) electrons. The maximum Gasteiger partial charge on any atom is 0.309 e. The molecule has 1 unspecified atom stereocenters. The van der Waals surface area contributed by atoms with Crippen LogP contribution in [0.15, 0.2) is 29.5 Å². The molecule has 1 fully saturated rings. The Hall–Kier alpha value is -2.41. The Labute approximate surface area is 147 Å². The van der Waals surface area contributed by atoms with Gasteiger partial charge in [0.25, 0.3) is 0 Å². The quantitative estimate of drug-likeness (QED) is 0.339. The average molecular weight is 343 g/mol. The summed E-state index contributed by atoms with van der Waals surface area (Å²) in [5.41, 5.74) is 10.3. The lowest BCUT2D eigenvalue weighted by molar-refractivity contribution is -0.143. The highest BCUT2D eigenvalue weighted by atomic mass is 16.5. The molecule has 7 heteroatoms. The van der Waals surface area contributed by atoms with E-state index in [1.54, 1.807) is 0 Å². The fraction of sp³-hybridized carbons (Fsp3) is 0.500. The van der Waals surface area contributed by atoms with Crippen LogP contribution in [0.2, 0.25) is 0 Å². The van der Waals surface area contributed by atoms with Crippen LogP contribution in [-0.4, -0.2) is 36.0 Å². The van der Waals surface area contributed by atoms with E-state index in [4.69, 9.17) is 15.7 Å². The van der Waals surface area contributed by atoms with Crippen molar-refractivity contribution in [3.05, 3.63) is 35.7 Å². The van der Waals surface area contributed by atoms with E-state index in [9.17, 15) is 4.79 Å². The fourth-order valence-electron chi connectivity index (χ4n) is 2.83. The number of aromatic nitrogens is 1. The molecule has 134 valence electrons. The number of nitrogens with one attached hydrogen (secondary N) is 3. The van der Waals surface area contributed by atoms with Crippen LogP contribution >= 0.6 is 0 Å². The lowest BCUT2D eigenvalue weighted by Gasteiger charge is -2.13. The number of ether oxygens (including phenoxy) is 1. The second-order valence-electron chi connectivity index (χ2n) is 6.31. The molecule has 1 aromatic heterocycles. The summed E-state index contributed by atoms with van der Waals surface area (Å²) in [7, 11) is 0. The van der Waals surface area contributed by atoms with E-state index in [1.807, 2.05) is 20.0 Å². The highest BCUT2D eigenvalue weighted by molar-refractivity contribution is 5.85. The number of nitrogens with zero attached hydrogens (tertiary/aromatic N) is 2. The first-order valence-corrected chi connectivity index (χ1v) is 8.47. The van der Waals surface area contributed by atoms with Gasteiger partial charge < -0.3 is 10.1 Å². The van der Waals surface area contributed by atoms with Crippen LogP contribution in [0.4, 0.5) is 0 Å². The first-order chi connectivity index (χ1) is 12.0. The fourth-order valence-corrected chi connectivity index (χ4v) is 2.83. The highest BCUT2D eigenvalue weighted by Gasteiger charge is 2.32. The van der Waals surface area contributed by atoms with Gasteiger partial charge in [0.15, 0.2) is 0 Å². The predicted octanol–water partition coefficient (Wildman–Crippen LogP) is 3.10. The molecule has 0 bridgehead atoms.